The van der Waals surface area contributed by atoms with Crippen molar-refractivity contribution >= 4 is 5.91 Å². The van der Waals surface area contributed by atoms with Crippen molar-refractivity contribution in [3.05, 3.63) is 17.0 Å². The molecule has 0 saturated carbocycles. The Morgan fingerprint density at radius 3 is 2.67 bits per heavy atom. The van der Waals surface area contributed by atoms with Crippen LogP contribution in [0.1, 0.15) is 37.2 Å². The van der Waals surface area contributed by atoms with Gasteiger partial charge in [-0.05, 0) is 31.7 Å². The smallest absolute Gasteiger partial charge is 0.220 e. The molecule has 0 unspecified atom stereocenters. The van der Waals surface area contributed by atoms with Crippen LogP contribution in [0.4, 0.5) is 0 Å². The highest BCUT2D eigenvalue weighted by Crippen LogP contribution is 2.16. The Labute approximate surface area is 146 Å². The Morgan fingerprint density at radius 1 is 1.29 bits per heavy atom. The lowest BCUT2D eigenvalue weighted by molar-refractivity contribution is -0.121. The van der Waals surface area contributed by atoms with E-state index in [4.69, 9.17) is 0 Å². The third kappa shape index (κ3) is 5.60. The summed E-state index contributed by atoms with van der Waals surface area (Å²) in [7, 11) is 0. The fourth-order valence-corrected chi connectivity index (χ4v) is 3.23. The van der Waals surface area contributed by atoms with E-state index < -0.39 is 0 Å². The number of rotatable bonds is 8. The van der Waals surface area contributed by atoms with Gasteiger partial charge in [0.25, 0.3) is 0 Å². The van der Waals surface area contributed by atoms with E-state index in [9.17, 15) is 4.79 Å². The zero-order chi connectivity index (χ0) is 17.5. The highest BCUT2D eigenvalue weighted by molar-refractivity contribution is 5.76. The van der Waals surface area contributed by atoms with Crippen molar-refractivity contribution in [2.45, 2.75) is 47.1 Å². The van der Waals surface area contributed by atoms with Crippen LogP contribution < -0.4 is 10.6 Å². The van der Waals surface area contributed by atoms with Gasteiger partial charge in [-0.1, -0.05) is 13.8 Å². The first-order chi connectivity index (χ1) is 11.5. The van der Waals surface area contributed by atoms with Crippen molar-refractivity contribution in [2.75, 3.05) is 39.3 Å². The molecule has 6 heteroatoms. The first-order valence-corrected chi connectivity index (χ1v) is 9.20. The maximum atomic E-state index is 12.1. The van der Waals surface area contributed by atoms with Crippen LogP contribution in [0.25, 0.3) is 0 Å². The summed E-state index contributed by atoms with van der Waals surface area (Å²) in [5.41, 5.74) is 3.49. The first kappa shape index (κ1) is 18.9. The lowest BCUT2D eigenvalue weighted by Crippen LogP contribution is -2.46. The summed E-state index contributed by atoms with van der Waals surface area (Å²) in [5.74, 6) is 0.713. The average molecular weight is 335 g/mol. The zero-order valence-electron chi connectivity index (χ0n) is 15.7. The van der Waals surface area contributed by atoms with Gasteiger partial charge in [0, 0.05) is 57.9 Å². The quantitative estimate of drug-likeness (QED) is 0.747. The summed E-state index contributed by atoms with van der Waals surface area (Å²) in [4.78, 5) is 14.5. The van der Waals surface area contributed by atoms with Crippen molar-refractivity contribution in [1.82, 2.24) is 25.3 Å². The van der Waals surface area contributed by atoms with E-state index in [-0.39, 0.29) is 5.91 Å². The normalized spacial score (nSPS) is 15.9. The standard InChI is InChI=1S/C18H33N5O/c1-14(2)13-23-16(4)17(15(3)21-23)5-6-18(24)20-9-12-22-10-7-19-8-11-22/h14,19H,5-13H2,1-4H3,(H,20,24). The number of carbonyl (C=O) groups is 1. The topological polar surface area (TPSA) is 62.2 Å². The molecular formula is C18H33N5O. The van der Waals surface area contributed by atoms with Gasteiger partial charge < -0.3 is 10.6 Å². The highest BCUT2D eigenvalue weighted by Gasteiger charge is 2.14. The van der Waals surface area contributed by atoms with Crippen LogP contribution in [0, 0.1) is 19.8 Å². The summed E-state index contributed by atoms with van der Waals surface area (Å²) in [6.45, 7) is 15.4. The van der Waals surface area contributed by atoms with E-state index in [0.717, 1.165) is 57.9 Å². The molecular weight excluding hydrogens is 302 g/mol. The van der Waals surface area contributed by atoms with E-state index in [1.165, 1.54) is 11.3 Å². The van der Waals surface area contributed by atoms with Crippen LogP contribution in [0.5, 0.6) is 0 Å². The number of amides is 1. The molecule has 0 atom stereocenters. The Bertz CT molecular complexity index is 532. The van der Waals surface area contributed by atoms with Gasteiger partial charge in [0.05, 0.1) is 5.69 Å². The van der Waals surface area contributed by atoms with Crippen molar-refractivity contribution in [3.8, 4) is 0 Å². The summed E-state index contributed by atoms with van der Waals surface area (Å²) in [6, 6.07) is 0. The zero-order valence-corrected chi connectivity index (χ0v) is 15.7. The van der Waals surface area contributed by atoms with E-state index in [0.29, 0.717) is 12.3 Å². The largest absolute Gasteiger partial charge is 0.355 e. The van der Waals surface area contributed by atoms with Crippen LogP contribution in [-0.4, -0.2) is 59.9 Å². The molecule has 1 aromatic rings. The Kier molecular flexibility index (Phi) is 7.24. The molecule has 2 heterocycles. The first-order valence-electron chi connectivity index (χ1n) is 9.20. The van der Waals surface area contributed by atoms with Gasteiger partial charge in [0.2, 0.25) is 5.91 Å². The molecule has 1 amide bonds. The maximum absolute atomic E-state index is 12.1. The van der Waals surface area contributed by atoms with Gasteiger partial charge in [-0.15, -0.1) is 0 Å². The number of nitrogens with one attached hydrogen (secondary N) is 2. The van der Waals surface area contributed by atoms with Gasteiger partial charge in [0.15, 0.2) is 0 Å². The molecule has 1 aromatic heterocycles. The highest BCUT2D eigenvalue weighted by atomic mass is 16.1. The number of nitrogens with zero attached hydrogens (tertiary/aromatic N) is 3. The second-order valence-electron chi connectivity index (χ2n) is 7.17. The van der Waals surface area contributed by atoms with E-state index in [1.807, 2.05) is 6.92 Å². The molecule has 0 bridgehead atoms. The Balaban J connectivity index is 1.74. The molecule has 0 radical (unpaired) electrons. The molecule has 136 valence electrons. The van der Waals surface area contributed by atoms with Crippen molar-refractivity contribution in [3.63, 3.8) is 0 Å². The third-order valence-electron chi connectivity index (χ3n) is 4.63. The Hall–Kier alpha value is -1.40. The minimum atomic E-state index is 0.139. The van der Waals surface area contributed by atoms with Crippen molar-refractivity contribution in [2.24, 2.45) is 5.92 Å². The molecule has 6 nitrogen and oxygen atoms in total. The van der Waals surface area contributed by atoms with Gasteiger partial charge in [-0.2, -0.15) is 5.10 Å². The third-order valence-corrected chi connectivity index (χ3v) is 4.63. The Morgan fingerprint density at radius 2 is 2.00 bits per heavy atom. The van der Waals surface area contributed by atoms with Crippen LogP contribution >= 0.6 is 0 Å². The van der Waals surface area contributed by atoms with E-state index in [1.54, 1.807) is 0 Å². The predicted molar refractivity (Wildman–Crippen MR) is 97.2 cm³/mol. The van der Waals surface area contributed by atoms with Gasteiger partial charge >= 0.3 is 0 Å². The molecule has 1 saturated heterocycles. The lowest BCUT2D eigenvalue weighted by atomic mass is 10.1. The SMILES string of the molecule is Cc1nn(CC(C)C)c(C)c1CCC(=O)NCCN1CCNCC1. The summed E-state index contributed by atoms with van der Waals surface area (Å²) in [5, 5.41) is 11.0. The molecule has 24 heavy (non-hydrogen) atoms. The molecule has 0 aliphatic carbocycles. The number of aryl methyl sites for hydroxylation is 1. The fourth-order valence-electron chi connectivity index (χ4n) is 3.23. The number of piperazine rings is 1. The summed E-state index contributed by atoms with van der Waals surface area (Å²) < 4.78 is 2.08. The van der Waals surface area contributed by atoms with Crippen LogP contribution in [0.3, 0.4) is 0 Å². The van der Waals surface area contributed by atoms with Gasteiger partial charge in [-0.3, -0.25) is 14.4 Å². The predicted octanol–water partition coefficient (Wildman–Crippen LogP) is 1.11. The maximum Gasteiger partial charge on any atom is 0.220 e. The minimum Gasteiger partial charge on any atom is -0.355 e. The monoisotopic (exact) mass is 335 g/mol. The molecule has 2 N–H and O–H groups in total. The van der Waals surface area contributed by atoms with Crippen LogP contribution in [0.15, 0.2) is 0 Å². The van der Waals surface area contributed by atoms with E-state index in [2.05, 4.69) is 46.1 Å². The number of hydrogen-bond donors (Lipinski definition) is 2. The van der Waals surface area contributed by atoms with Gasteiger partial charge in [-0.25, -0.2) is 0 Å². The molecule has 1 fully saturated rings. The number of carbonyl (C=O) groups excluding carboxylic acids is 1. The van der Waals surface area contributed by atoms with Gasteiger partial charge in [0.1, 0.15) is 0 Å². The van der Waals surface area contributed by atoms with Crippen LogP contribution in [0.2, 0.25) is 0 Å². The average Bonchev–Trinajstić information content (AvgIpc) is 2.80. The molecule has 1 aliphatic rings. The molecule has 0 aromatic carbocycles. The second-order valence-corrected chi connectivity index (χ2v) is 7.17. The second kappa shape index (κ2) is 9.18. The summed E-state index contributed by atoms with van der Waals surface area (Å²) in [6.07, 6.45) is 1.31. The fraction of sp³-hybridized carbons (Fsp3) is 0.778. The number of aromatic nitrogens is 2. The van der Waals surface area contributed by atoms with Crippen molar-refractivity contribution in [1.29, 1.82) is 0 Å². The lowest BCUT2D eigenvalue weighted by Gasteiger charge is -2.27. The number of hydrogen-bond acceptors (Lipinski definition) is 4. The van der Waals surface area contributed by atoms with Crippen molar-refractivity contribution < 1.29 is 4.79 Å². The van der Waals surface area contributed by atoms with E-state index >= 15 is 0 Å². The van der Waals surface area contributed by atoms with Crippen LogP contribution in [-0.2, 0) is 17.8 Å². The minimum absolute atomic E-state index is 0.139. The summed E-state index contributed by atoms with van der Waals surface area (Å²) >= 11 is 0. The molecule has 1 aliphatic heterocycles. The molecule has 2 rings (SSSR count). The molecule has 0 spiro atoms.